The molecule has 0 saturated heterocycles. The lowest BCUT2D eigenvalue weighted by atomic mass is 10.1. The van der Waals surface area contributed by atoms with Crippen molar-refractivity contribution in [2.75, 3.05) is 5.75 Å². The van der Waals surface area contributed by atoms with Crippen LogP contribution >= 0.6 is 11.8 Å². The molecule has 0 amide bonds. The van der Waals surface area contributed by atoms with Gasteiger partial charge in [0.25, 0.3) is 0 Å². The second-order valence-corrected chi connectivity index (χ2v) is 4.39. The highest BCUT2D eigenvalue weighted by atomic mass is 32.2. The van der Waals surface area contributed by atoms with Crippen LogP contribution in [0.1, 0.15) is 41.0 Å². The first-order valence-electron chi connectivity index (χ1n) is 4.45. The molecule has 0 nitrogen and oxygen atoms in total. The highest BCUT2D eigenvalue weighted by Gasteiger charge is 2.05. The van der Waals surface area contributed by atoms with Gasteiger partial charge in [0.05, 0.1) is 0 Å². The standard InChI is InChI=1S/C10H20S/c1-6-9(5)10(8(3)4)11-7-2/h8H,6-7H2,1-5H3/b10-9+. The van der Waals surface area contributed by atoms with Gasteiger partial charge in [-0.2, -0.15) is 0 Å². The smallest absolute Gasteiger partial charge is 0.00516 e. The van der Waals surface area contributed by atoms with E-state index in [2.05, 4.69) is 34.6 Å². The lowest BCUT2D eigenvalue weighted by Gasteiger charge is -2.13. The van der Waals surface area contributed by atoms with E-state index < -0.39 is 0 Å². The minimum Gasteiger partial charge on any atom is -0.131 e. The Kier molecular flexibility index (Phi) is 5.75. The molecule has 0 radical (unpaired) electrons. The van der Waals surface area contributed by atoms with Crippen LogP contribution in [0.2, 0.25) is 0 Å². The molecule has 0 fully saturated rings. The second kappa shape index (κ2) is 5.70. The second-order valence-electron chi connectivity index (χ2n) is 3.09. The highest BCUT2D eigenvalue weighted by molar-refractivity contribution is 8.03. The predicted molar refractivity (Wildman–Crippen MR) is 56.0 cm³/mol. The molecule has 0 unspecified atom stereocenters. The summed E-state index contributed by atoms with van der Waals surface area (Å²) in [6, 6.07) is 0. The Morgan fingerprint density at radius 2 is 1.82 bits per heavy atom. The number of rotatable bonds is 4. The van der Waals surface area contributed by atoms with Gasteiger partial charge in [-0.15, -0.1) is 11.8 Å². The zero-order valence-electron chi connectivity index (χ0n) is 8.40. The summed E-state index contributed by atoms with van der Waals surface area (Å²) in [6.45, 7) is 11.2. The average molecular weight is 172 g/mol. The molecule has 0 aliphatic carbocycles. The number of hydrogen-bond acceptors (Lipinski definition) is 1. The van der Waals surface area contributed by atoms with Crippen molar-refractivity contribution in [3.63, 3.8) is 0 Å². The van der Waals surface area contributed by atoms with Crippen molar-refractivity contribution in [1.29, 1.82) is 0 Å². The number of thioether (sulfide) groups is 1. The highest BCUT2D eigenvalue weighted by Crippen LogP contribution is 2.28. The van der Waals surface area contributed by atoms with Crippen molar-refractivity contribution in [2.24, 2.45) is 5.92 Å². The van der Waals surface area contributed by atoms with Gasteiger partial charge in [0.15, 0.2) is 0 Å². The summed E-state index contributed by atoms with van der Waals surface area (Å²) >= 11 is 2.00. The summed E-state index contributed by atoms with van der Waals surface area (Å²) in [6.07, 6.45) is 1.19. The number of allylic oxidation sites excluding steroid dienone is 2. The Morgan fingerprint density at radius 3 is 2.09 bits per heavy atom. The SMILES string of the molecule is CCS/C(=C(\C)CC)C(C)C. The summed E-state index contributed by atoms with van der Waals surface area (Å²) in [5.41, 5.74) is 1.56. The molecule has 0 aliphatic heterocycles. The quantitative estimate of drug-likeness (QED) is 0.615. The average Bonchev–Trinajstić information content (AvgIpc) is 1.98. The summed E-state index contributed by atoms with van der Waals surface area (Å²) in [4.78, 5) is 1.59. The van der Waals surface area contributed by atoms with E-state index in [1.165, 1.54) is 12.2 Å². The third-order valence-electron chi connectivity index (χ3n) is 1.78. The van der Waals surface area contributed by atoms with Gasteiger partial charge >= 0.3 is 0 Å². The Balaban J connectivity index is 4.30. The maximum absolute atomic E-state index is 2.27. The van der Waals surface area contributed by atoms with Crippen LogP contribution in [0.3, 0.4) is 0 Å². The first-order valence-corrected chi connectivity index (χ1v) is 5.44. The van der Waals surface area contributed by atoms with Gasteiger partial charge in [0, 0.05) is 0 Å². The molecular weight excluding hydrogens is 152 g/mol. The molecule has 0 N–H and O–H groups in total. The maximum atomic E-state index is 2.27. The van der Waals surface area contributed by atoms with Gasteiger partial charge in [-0.25, -0.2) is 0 Å². The van der Waals surface area contributed by atoms with Crippen molar-refractivity contribution in [1.82, 2.24) is 0 Å². The Labute approximate surface area is 75.5 Å². The van der Waals surface area contributed by atoms with E-state index in [0.29, 0.717) is 5.92 Å². The molecule has 0 spiro atoms. The van der Waals surface area contributed by atoms with Crippen LogP contribution in [-0.2, 0) is 0 Å². The molecule has 66 valence electrons. The third kappa shape index (κ3) is 3.85. The van der Waals surface area contributed by atoms with Crippen LogP contribution in [0, 0.1) is 5.92 Å². The van der Waals surface area contributed by atoms with Crippen LogP contribution in [0.15, 0.2) is 10.5 Å². The molecular formula is C10H20S. The van der Waals surface area contributed by atoms with Crippen molar-refractivity contribution in [2.45, 2.75) is 41.0 Å². The van der Waals surface area contributed by atoms with Crippen LogP contribution in [0.25, 0.3) is 0 Å². The molecule has 0 aromatic carbocycles. The molecule has 1 heteroatoms. The van der Waals surface area contributed by atoms with Crippen LogP contribution in [0.4, 0.5) is 0 Å². The van der Waals surface area contributed by atoms with E-state index in [-0.39, 0.29) is 0 Å². The molecule has 0 heterocycles. The van der Waals surface area contributed by atoms with Crippen LogP contribution in [0.5, 0.6) is 0 Å². The van der Waals surface area contributed by atoms with Crippen molar-refractivity contribution in [3.05, 3.63) is 10.5 Å². The summed E-state index contributed by atoms with van der Waals surface area (Å²) < 4.78 is 0. The van der Waals surface area contributed by atoms with Gasteiger partial charge < -0.3 is 0 Å². The summed E-state index contributed by atoms with van der Waals surface area (Å²) in [7, 11) is 0. The van der Waals surface area contributed by atoms with Gasteiger partial charge in [-0.05, 0) is 29.9 Å². The minimum absolute atomic E-state index is 0.708. The maximum Gasteiger partial charge on any atom is -0.00516 e. The monoisotopic (exact) mass is 172 g/mol. The summed E-state index contributed by atoms with van der Waals surface area (Å²) in [5.74, 6) is 1.91. The molecule has 0 atom stereocenters. The van der Waals surface area contributed by atoms with E-state index in [4.69, 9.17) is 0 Å². The fourth-order valence-corrected chi connectivity index (χ4v) is 2.15. The zero-order valence-corrected chi connectivity index (χ0v) is 9.22. The van der Waals surface area contributed by atoms with E-state index in [9.17, 15) is 0 Å². The largest absolute Gasteiger partial charge is 0.131 e. The predicted octanol–water partition coefficient (Wildman–Crippen LogP) is 4.08. The lowest BCUT2D eigenvalue weighted by molar-refractivity contribution is 0.797. The minimum atomic E-state index is 0.708. The molecule has 0 aliphatic rings. The topological polar surface area (TPSA) is 0 Å². The van der Waals surface area contributed by atoms with Crippen LogP contribution in [-0.4, -0.2) is 5.75 Å². The van der Waals surface area contributed by atoms with E-state index in [1.807, 2.05) is 11.8 Å². The van der Waals surface area contributed by atoms with E-state index in [1.54, 1.807) is 10.5 Å². The van der Waals surface area contributed by atoms with Crippen molar-refractivity contribution >= 4 is 11.8 Å². The van der Waals surface area contributed by atoms with Gasteiger partial charge in [-0.1, -0.05) is 33.3 Å². The Bertz CT molecular complexity index is 134. The Hall–Kier alpha value is 0.0900. The van der Waals surface area contributed by atoms with Crippen molar-refractivity contribution in [3.8, 4) is 0 Å². The third-order valence-corrected chi connectivity index (χ3v) is 3.19. The van der Waals surface area contributed by atoms with E-state index >= 15 is 0 Å². The zero-order chi connectivity index (χ0) is 8.85. The van der Waals surface area contributed by atoms with Crippen molar-refractivity contribution < 1.29 is 0 Å². The molecule has 0 saturated carbocycles. The van der Waals surface area contributed by atoms with E-state index in [0.717, 1.165) is 0 Å². The summed E-state index contributed by atoms with van der Waals surface area (Å²) in [5, 5.41) is 0. The Morgan fingerprint density at radius 1 is 1.27 bits per heavy atom. The normalized spacial score (nSPS) is 13.6. The molecule has 11 heavy (non-hydrogen) atoms. The molecule has 0 rings (SSSR count). The first-order chi connectivity index (χ1) is 5.13. The fourth-order valence-electron chi connectivity index (χ4n) is 1.11. The van der Waals surface area contributed by atoms with Gasteiger partial charge in [0.2, 0.25) is 0 Å². The van der Waals surface area contributed by atoms with Gasteiger partial charge in [-0.3, -0.25) is 0 Å². The fraction of sp³-hybridized carbons (Fsp3) is 0.800. The number of hydrogen-bond donors (Lipinski definition) is 0. The van der Waals surface area contributed by atoms with Crippen LogP contribution < -0.4 is 0 Å². The molecule has 0 aromatic heterocycles. The lowest BCUT2D eigenvalue weighted by Crippen LogP contribution is -1.94. The molecule has 0 bridgehead atoms. The first kappa shape index (κ1) is 11.1. The molecule has 0 aromatic rings. The van der Waals surface area contributed by atoms with Gasteiger partial charge in [0.1, 0.15) is 0 Å².